The molecule has 1 aliphatic rings. The summed E-state index contributed by atoms with van der Waals surface area (Å²) in [5.41, 5.74) is 2.70. The average molecular weight is 499 g/mol. The molecule has 5 nitrogen and oxygen atoms in total. The molecule has 4 rings (SSSR count). The van der Waals surface area contributed by atoms with Crippen molar-refractivity contribution in [3.63, 3.8) is 0 Å². The number of nitrogens with zero attached hydrogens (tertiary/aromatic N) is 2. The summed E-state index contributed by atoms with van der Waals surface area (Å²) in [6, 6.07) is 22.8. The van der Waals surface area contributed by atoms with E-state index >= 15 is 0 Å². The van der Waals surface area contributed by atoms with Crippen molar-refractivity contribution in [1.29, 1.82) is 0 Å². The minimum absolute atomic E-state index is 0.0173. The molecule has 1 fully saturated rings. The van der Waals surface area contributed by atoms with E-state index in [1.54, 1.807) is 19.2 Å². The van der Waals surface area contributed by atoms with Crippen molar-refractivity contribution in [2.24, 2.45) is 0 Å². The predicted molar refractivity (Wildman–Crippen MR) is 136 cm³/mol. The maximum atomic E-state index is 12.9. The molecule has 0 saturated carbocycles. The second kappa shape index (κ2) is 11.7. The van der Waals surface area contributed by atoms with Gasteiger partial charge in [-0.25, -0.2) is 0 Å². The number of halogens is 2. The number of methoxy groups -OCH3 is 1. The van der Waals surface area contributed by atoms with Crippen molar-refractivity contribution >= 4 is 29.1 Å². The molecule has 0 N–H and O–H groups in total. The monoisotopic (exact) mass is 498 g/mol. The third kappa shape index (κ3) is 6.51. The number of carbonyl (C=O) groups excluding carboxylic acids is 1. The molecule has 1 amide bonds. The first-order valence-corrected chi connectivity index (χ1v) is 12.0. The Morgan fingerprint density at radius 1 is 0.912 bits per heavy atom. The van der Waals surface area contributed by atoms with Crippen LogP contribution in [-0.2, 0) is 11.3 Å². The van der Waals surface area contributed by atoms with Crippen LogP contribution in [0.2, 0.25) is 10.0 Å². The molecule has 0 aliphatic carbocycles. The summed E-state index contributed by atoms with van der Waals surface area (Å²) in [7, 11) is 1.66. The number of amides is 1. The third-order valence-corrected chi connectivity index (χ3v) is 6.43. The molecule has 0 unspecified atom stereocenters. The minimum atomic E-state index is -0.149. The molecule has 1 aliphatic heterocycles. The largest absolute Gasteiger partial charge is 0.497 e. The Kier molecular flexibility index (Phi) is 8.46. The topological polar surface area (TPSA) is 42.0 Å². The third-order valence-electron chi connectivity index (χ3n) is 5.96. The lowest BCUT2D eigenvalue weighted by Crippen LogP contribution is -2.49. The SMILES string of the molecule is COc1cccc([C@H](CN2CCN(C(=O)c3cccc(Cl)c3)CC2)OCc2cccc(Cl)c2)c1. The lowest BCUT2D eigenvalue weighted by atomic mass is 10.1. The molecule has 0 spiro atoms. The first-order valence-electron chi connectivity index (χ1n) is 11.3. The molecule has 0 radical (unpaired) electrons. The molecule has 7 heteroatoms. The molecular formula is C27H28Cl2N2O3. The first kappa shape index (κ1) is 24.6. The van der Waals surface area contributed by atoms with Gasteiger partial charge in [-0.05, 0) is 53.6 Å². The van der Waals surface area contributed by atoms with E-state index in [4.69, 9.17) is 32.7 Å². The highest BCUT2D eigenvalue weighted by molar-refractivity contribution is 6.31. The van der Waals surface area contributed by atoms with Crippen LogP contribution in [0.3, 0.4) is 0 Å². The molecule has 178 valence electrons. The van der Waals surface area contributed by atoms with Gasteiger partial charge in [-0.2, -0.15) is 0 Å². The summed E-state index contributed by atoms with van der Waals surface area (Å²) in [5, 5.41) is 1.27. The van der Waals surface area contributed by atoms with E-state index in [-0.39, 0.29) is 12.0 Å². The highest BCUT2D eigenvalue weighted by atomic mass is 35.5. The Morgan fingerprint density at radius 2 is 1.62 bits per heavy atom. The summed E-state index contributed by atoms with van der Waals surface area (Å²) in [4.78, 5) is 17.1. The minimum Gasteiger partial charge on any atom is -0.497 e. The fourth-order valence-corrected chi connectivity index (χ4v) is 4.50. The Morgan fingerprint density at radius 3 is 2.32 bits per heavy atom. The van der Waals surface area contributed by atoms with E-state index in [0.29, 0.717) is 41.8 Å². The summed E-state index contributed by atoms with van der Waals surface area (Å²) < 4.78 is 11.8. The van der Waals surface area contributed by atoms with Crippen molar-refractivity contribution in [3.8, 4) is 5.75 Å². The lowest BCUT2D eigenvalue weighted by Gasteiger charge is -2.36. The van der Waals surface area contributed by atoms with Crippen molar-refractivity contribution < 1.29 is 14.3 Å². The summed E-state index contributed by atoms with van der Waals surface area (Å²) in [5.74, 6) is 0.814. The van der Waals surface area contributed by atoms with E-state index in [1.807, 2.05) is 59.5 Å². The van der Waals surface area contributed by atoms with Crippen LogP contribution in [0.1, 0.15) is 27.6 Å². The highest BCUT2D eigenvalue weighted by Gasteiger charge is 2.25. The number of carbonyl (C=O) groups is 1. The van der Waals surface area contributed by atoms with Gasteiger partial charge in [0.05, 0.1) is 19.8 Å². The fourth-order valence-electron chi connectivity index (χ4n) is 4.09. The predicted octanol–water partition coefficient (Wildman–Crippen LogP) is 5.72. The van der Waals surface area contributed by atoms with Gasteiger partial charge in [-0.1, -0.05) is 53.5 Å². The summed E-state index contributed by atoms with van der Waals surface area (Å²) in [6.45, 7) is 4.03. The molecule has 1 saturated heterocycles. The Labute approximate surface area is 210 Å². The van der Waals surface area contributed by atoms with E-state index in [1.165, 1.54) is 0 Å². The molecule has 1 heterocycles. The lowest BCUT2D eigenvalue weighted by molar-refractivity contribution is 0.00333. The van der Waals surface area contributed by atoms with Gasteiger partial charge in [0.2, 0.25) is 0 Å². The molecule has 3 aromatic carbocycles. The molecule has 1 atom stereocenters. The van der Waals surface area contributed by atoms with Crippen LogP contribution >= 0.6 is 23.2 Å². The van der Waals surface area contributed by atoms with Crippen molar-refractivity contribution in [1.82, 2.24) is 9.80 Å². The van der Waals surface area contributed by atoms with Crippen LogP contribution in [0, 0.1) is 0 Å². The second-order valence-electron chi connectivity index (χ2n) is 8.31. The first-order chi connectivity index (χ1) is 16.5. The van der Waals surface area contributed by atoms with Gasteiger partial charge < -0.3 is 14.4 Å². The smallest absolute Gasteiger partial charge is 0.253 e. The van der Waals surface area contributed by atoms with Gasteiger partial charge in [0, 0.05) is 48.3 Å². The number of hydrogen-bond donors (Lipinski definition) is 0. The quantitative estimate of drug-likeness (QED) is 0.398. The van der Waals surface area contributed by atoms with Crippen LogP contribution in [0.4, 0.5) is 0 Å². The Hall–Kier alpha value is -2.57. The van der Waals surface area contributed by atoms with Crippen LogP contribution in [0.5, 0.6) is 5.75 Å². The van der Waals surface area contributed by atoms with E-state index in [9.17, 15) is 4.79 Å². The second-order valence-corrected chi connectivity index (χ2v) is 9.18. The molecule has 0 aromatic heterocycles. The standard InChI is InChI=1S/C27H28Cl2N2O3/c1-33-25-10-4-6-21(17-25)26(34-19-20-5-2-8-23(28)15-20)18-30-11-13-31(14-12-30)27(32)22-7-3-9-24(29)16-22/h2-10,15-17,26H,11-14,18-19H2,1H3/t26-/m0/s1. The summed E-state index contributed by atoms with van der Waals surface area (Å²) >= 11 is 12.2. The Balaban J connectivity index is 1.41. The van der Waals surface area contributed by atoms with Crippen LogP contribution in [0.25, 0.3) is 0 Å². The van der Waals surface area contributed by atoms with E-state index in [2.05, 4.69) is 11.0 Å². The van der Waals surface area contributed by atoms with Gasteiger partial charge in [-0.3, -0.25) is 9.69 Å². The summed E-state index contributed by atoms with van der Waals surface area (Å²) in [6.07, 6.45) is -0.149. The van der Waals surface area contributed by atoms with Gasteiger partial charge in [0.25, 0.3) is 5.91 Å². The fraction of sp³-hybridized carbons (Fsp3) is 0.296. The normalized spacial score (nSPS) is 15.2. The number of rotatable bonds is 8. The zero-order valence-corrected chi connectivity index (χ0v) is 20.6. The van der Waals surface area contributed by atoms with Gasteiger partial charge >= 0.3 is 0 Å². The highest BCUT2D eigenvalue weighted by Crippen LogP contribution is 2.26. The average Bonchev–Trinajstić information content (AvgIpc) is 2.86. The number of hydrogen-bond acceptors (Lipinski definition) is 4. The molecular weight excluding hydrogens is 471 g/mol. The van der Waals surface area contributed by atoms with Crippen LogP contribution in [0.15, 0.2) is 72.8 Å². The van der Waals surface area contributed by atoms with Gasteiger partial charge in [0.15, 0.2) is 0 Å². The van der Waals surface area contributed by atoms with Gasteiger partial charge in [0.1, 0.15) is 5.75 Å². The van der Waals surface area contributed by atoms with Crippen molar-refractivity contribution in [3.05, 3.63) is 99.5 Å². The van der Waals surface area contributed by atoms with Crippen LogP contribution < -0.4 is 4.74 Å². The van der Waals surface area contributed by atoms with E-state index in [0.717, 1.165) is 30.0 Å². The molecule has 34 heavy (non-hydrogen) atoms. The zero-order chi connectivity index (χ0) is 23.9. The van der Waals surface area contributed by atoms with E-state index < -0.39 is 0 Å². The number of benzene rings is 3. The Bertz CT molecular complexity index is 1120. The van der Waals surface area contributed by atoms with Crippen LogP contribution in [-0.4, -0.2) is 55.5 Å². The van der Waals surface area contributed by atoms with Crippen molar-refractivity contribution in [2.45, 2.75) is 12.7 Å². The maximum Gasteiger partial charge on any atom is 0.253 e. The molecule has 3 aromatic rings. The van der Waals surface area contributed by atoms with Gasteiger partial charge in [-0.15, -0.1) is 0 Å². The number of ether oxygens (including phenoxy) is 2. The zero-order valence-electron chi connectivity index (χ0n) is 19.1. The van der Waals surface area contributed by atoms with Crippen molar-refractivity contribution in [2.75, 3.05) is 39.8 Å². The number of piperazine rings is 1. The molecule has 0 bridgehead atoms. The maximum absolute atomic E-state index is 12.9.